The normalized spacial score (nSPS) is 30.7. The van der Waals surface area contributed by atoms with Gasteiger partial charge in [0.05, 0.1) is 49.0 Å². The summed E-state index contributed by atoms with van der Waals surface area (Å²) in [5, 5.41) is 60.8. The molecule has 2 aromatic rings. The van der Waals surface area contributed by atoms with Crippen LogP contribution < -0.4 is 47.9 Å². The van der Waals surface area contributed by atoms with Crippen LogP contribution in [0.25, 0.3) is 0 Å². The zero-order chi connectivity index (χ0) is 90.3. The van der Waals surface area contributed by atoms with Crippen LogP contribution in [0.2, 0.25) is 0 Å². The Hall–Kier alpha value is -9.58. The highest BCUT2D eigenvalue weighted by atomic mass is 33.1. The first-order valence-corrected chi connectivity index (χ1v) is 47.0. The molecule has 32 nitrogen and oxygen atoms in total. The van der Waals surface area contributed by atoms with E-state index in [1.54, 1.807) is 111 Å². The third-order valence-electron chi connectivity index (χ3n) is 26.7. The number of esters is 1. The van der Waals surface area contributed by atoms with Gasteiger partial charge in [-0.05, 0) is 160 Å². The number of aliphatic hydroxyl groups excluding tert-OH is 3. The highest BCUT2D eigenvalue weighted by molar-refractivity contribution is 8.76. The van der Waals surface area contributed by atoms with Crippen LogP contribution in [-0.2, 0) is 84.6 Å². The summed E-state index contributed by atoms with van der Waals surface area (Å²) in [6.45, 7) is 9.11. The molecular formula is C92H125N13O19S2. The van der Waals surface area contributed by atoms with Gasteiger partial charge >= 0.3 is 12.1 Å². The molecule has 0 radical (unpaired) electrons. The number of nitrogens with zero attached hydrogens (tertiary/aromatic N) is 4. The summed E-state index contributed by atoms with van der Waals surface area (Å²) in [5.41, 5.74) is 0.624. The van der Waals surface area contributed by atoms with Crippen molar-refractivity contribution in [1.29, 1.82) is 0 Å². The second kappa shape index (κ2) is 43.0. The molecule has 21 atom stereocenters. The second-order valence-corrected chi connectivity index (χ2v) is 39.0. The maximum atomic E-state index is 15.8. The fraction of sp³-hybridized carbons (Fsp3) is 0.609. The Bertz CT molecular complexity index is 4520. The highest BCUT2D eigenvalue weighted by Crippen LogP contribution is 2.65. The number of unbranched alkanes of at least 4 members (excludes halogenated alkanes) is 1. The summed E-state index contributed by atoms with van der Waals surface area (Å²) in [6, 6.07) is 3.28. The number of allylic oxidation sites excluding steroid dienone is 4. The number of nitrogens with one attached hydrogen (secondary N) is 9. The Morgan fingerprint density at radius 2 is 1.46 bits per heavy atom. The number of likely N-dealkylation sites (tertiary alicyclic amines) is 2. The molecule has 12 N–H and O–H groups in total. The Morgan fingerprint density at radius 1 is 0.762 bits per heavy atom. The topological polar surface area (TPSA) is 441 Å². The lowest BCUT2D eigenvalue weighted by molar-refractivity contribution is -0.199. The largest absolute Gasteiger partial charge is 0.461 e. The van der Waals surface area contributed by atoms with Crippen LogP contribution in [0.4, 0.5) is 4.79 Å². The molecule has 2 saturated carbocycles. The van der Waals surface area contributed by atoms with Gasteiger partial charge in [-0.2, -0.15) is 0 Å². The van der Waals surface area contributed by atoms with Gasteiger partial charge in [0.25, 0.3) is 5.91 Å². The molecule has 126 heavy (non-hydrogen) atoms. The number of carbonyl (C=O) groups is 13. The monoisotopic (exact) mass is 1780 g/mol. The van der Waals surface area contributed by atoms with Crippen LogP contribution in [0.1, 0.15) is 162 Å². The molecule has 5 heterocycles. The maximum Gasteiger partial charge on any atom is 0.407 e. The Labute approximate surface area is 744 Å². The summed E-state index contributed by atoms with van der Waals surface area (Å²) in [4.78, 5) is 202. The average molecular weight is 1780 g/mol. The molecule has 5 fully saturated rings. The van der Waals surface area contributed by atoms with E-state index in [1.807, 2.05) is 43.5 Å². The van der Waals surface area contributed by atoms with E-state index in [1.165, 1.54) is 25.9 Å². The van der Waals surface area contributed by atoms with Crippen molar-refractivity contribution in [2.75, 3.05) is 58.4 Å². The van der Waals surface area contributed by atoms with E-state index >= 15 is 43.2 Å². The fourth-order valence-electron chi connectivity index (χ4n) is 20.1. The number of hydrogen-bond acceptors (Lipinski definition) is 24. The minimum atomic E-state index is -1.82. The van der Waals surface area contributed by atoms with Gasteiger partial charge in [0.15, 0.2) is 11.4 Å². The first kappa shape index (κ1) is 95.5. The van der Waals surface area contributed by atoms with Crippen molar-refractivity contribution in [3.8, 4) is 0 Å². The molecule has 0 bridgehead atoms. The Morgan fingerprint density at radius 3 is 2.17 bits per heavy atom. The summed E-state index contributed by atoms with van der Waals surface area (Å²) in [6.07, 6.45) is 16.1. The van der Waals surface area contributed by atoms with E-state index in [0.717, 1.165) is 39.2 Å². The van der Waals surface area contributed by atoms with Crippen LogP contribution in [0.5, 0.6) is 0 Å². The SMILES string of the molecule is CO[C@@]1(C(=O)OCC(NC(=O)C2CSSCC(NC(=O)C(Cc3ccccc3)NC(=O)C3CCCN3C(=O)C3CCCN3C(=O)C3=CN(C)C=CC3)C(=O)NC(Cc3ccccc3)C(=O)NC(CC3C=NC4C=CC=CC34)C(=O)CNC(CCCCNC(=O)OC(C)(C)C)C(=O)NC(C(C)O)C(=O)N2)C(C)O)CCC2C3CCC4=C(CCC(=O)C4)C3C(O)CC21C. The number of hydrogen-bond donors (Lipinski definition) is 12. The maximum absolute atomic E-state index is 15.8. The molecule has 34 heteroatoms. The Balaban J connectivity index is 0.846. The second-order valence-electron chi connectivity index (χ2n) is 36.5. The number of ether oxygens (including phenoxy) is 3. The van der Waals surface area contributed by atoms with Crippen molar-refractivity contribution in [2.24, 2.45) is 40.0 Å². The van der Waals surface area contributed by atoms with Crippen LogP contribution in [0.15, 0.2) is 125 Å². The van der Waals surface area contributed by atoms with E-state index in [9.17, 15) is 34.5 Å². The smallest absolute Gasteiger partial charge is 0.407 e. The average Bonchev–Trinajstić information content (AvgIpc) is 1.51. The molecule has 10 aliphatic rings. The predicted octanol–water partition coefficient (Wildman–Crippen LogP) is 4.35. The van der Waals surface area contributed by atoms with Gasteiger partial charge in [-0.15, -0.1) is 0 Å². The van der Waals surface area contributed by atoms with E-state index in [4.69, 9.17) is 19.2 Å². The summed E-state index contributed by atoms with van der Waals surface area (Å²) in [5.74, 6) is -9.71. The first-order chi connectivity index (χ1) is 60.2. The molecule has 684 valence electrons. The number of alkyl carbamates (subject to hydrolysis) is 1. The summed E-state index contributed by atoms with van der Waals surface area (Å²) in [7, 11) is 5.09. The zero-order valence-electron chi connectivity index (χ0n) is 73.2. The van der Waals surface area contributed by atoms with Gasteiger partial charge in [-0.3, -0.25) is 63.0 Å². The number of Topliss-reactive ketones (excluding diaryl/α,β-unsaturated/α-hetero) is 2. The Kier molecular flexibility index (Phi) is 32.6. The minimum Gasteiger partial charge on any atom is -0.461 e. The molecule has 5 aliphatic heterocycles. The van der Waals surface area contributed by atoms with Crippen molar-refractivity contribution >= 4 is 105 Å². The number of rotatable bonds is 25. The molecule has 0 spiro atoms. The van der Waals surface area contributed by atoms with Gasteiger partial charge in [0.1, 0.15) is 60.3 Å². The van der Waals surface area contributed by atoms with E-state index in [2.05, 4.69) is 47.9 Å². The predicted molar refractivity (Wildman–Crippen MR) is 472 cm³/mol. The molecule has 10 amide bonds. The first-order valence-electron chi connectivity index (χ1n) is 44.5. The van der Waals surface area contributed by atoms with Crippen molar-refractivity contribution in [2.45, 2.75) is 260 Å². The number of benzene rings is 2. The van der Waals surface area contributed by atoms with Crippen LogP contribution >= 0.6 is 21.6 Å². The number of aliphatic imine (C=N–C) groups is 1. The van der Waals surface area contributed by atoms with E-state index in [-0.39, 0.29) is 112 Å². The fourth-order valence-corrected chi connectivity index (χ4v) is 22.4. The lowest BCUT2D eigenvalue weighted by Crippen LogP contribution is -2.61. The van der Waals surface area contributed by atoms with Gasteiger partial charge in [-0.25, -0.2) is 9.59 Å². The standard InChI is InChI=1S/C92H125N13O19S2/c1-53(106)70(50-123-88(120)92(122-8)37-36-64-63-34-32-57-44-60(108)33-35-62(57)77(63)75(109)46-91(64,92)6)99-83(115)72-52-126-125-51-71(100-81(113)69(43-56-24-13-10-14-25-56)98-84(116)73-30-20-40-104(73)87(119)74-31-21-41-105(74)86(118)58-26-19-39-103(7)49-58)82(114)97-68(42-55-22-11-9-12-23-55)80(112)96-67(45-59-47-94-65-28-16-15-27-61(59)65)76(110)48-95-66(79(111)102-78(54(2)107)85(117)101-72)29-17-18-38-93-89(121)124-90(3,4)5/h9-16,19,22-25,27-28,39,47,49,53-54,59,61,63-75,77-78,95,106-107,109H,17-18,20-21,26,29-38,40-46,48,50-52H2,1-8H3,(H,93,121)(H,96,112)(H,97,114)(H,98,116)(H,99,115)(H,100,113)(H,101,117)(H,102,111)/t53?,54?,59?,61?,63?,64?,65?,66?,67?,68?,69?,70?,71?,72?,73?,74?,75?,77?,78?,91?,92-/m1/s1. The van der Waals surface area contributed by atoms with Crippen LogP contribution in [0.3, 0.4) is 0 Å². The van der Waals surface area contributed by atoms with E-state index in [0.29, 0.717) is 87.5 Å². The van der Waals surface area contributed by atoms with Crippen molar-refractivity contribution in [3.63, 3.8) is 0 Å². The third kappa shape index (κ3) is 23.3. The van der Waals surface area contributed by atoms with Gasteiger partial charge in [0.2, 0.25) is 47.3 Å². The zero-order valence-corrected chi connectivity index (χ0v) is 74.9. The van der Waals surface area contributed by atoms with Crippen LogP contribution in [-0.4, -0.2) is 267 Å². The van der Waals surface area contributed by atoms with E-state index < -0.39 is 185 Å². The van der Waals surface area contributed by atoms with Crippen molar-refractivity contribution < 1.29 is 91.9 Å². The number of aliphatic hydroxyl groups is 3. The van der Waals surface area contributed by atoms with Crippen molar-refractivity contribution in [3.05, 3.63) is 131 Å². The minimum absolute atomic E-state index is 0.00482. The van der Waals surface area contributed by atoms with Crippen molar-refractivity contribution in [1.82, 2.24) is 62.6 Å². The molecular weight excluding hydrogens is 1660 g/mol. The summed E-state index contributed by atoms with van der Waals surface area (Å²) < 4.78 is 17.8. The number of ketones is 2. The lowest BCUT2D eigenvalue weighted by Gasteiger charge is -2.55. The molecule has 2 aromatic carbocycles. The molecule has 0 aromatic heterocycles. The van der Waals surface area contributed by atoms with Gasteiger partial charge < -0.3 is 86.8 Å². The third-order valence-corrected chi connectivity index (χ3v) is 29.1. The summed E-state index contributed by atoms with van der Waals surface area (Å²) >= 11 is 0. The van der Waals surface area contributed by atoms with Crippen LogP contribution in [0, 0.1) is 35.0 Å². The quantitative estimate of drug-likeness (QED) is 0.0284. The molecule has 12 rings (SSSR count). The molecule has 3 saturated heterocycles. The van der Waals surface area contributed by atoms with Gasteiger partial charge in [0, 0.05) is 112 Å². The molecule has 5 aliphatic carbocycles. The molecule has 20 unspecified atom stereocenters. The number of carbonyl (C=O) groups excluding carboxylic acids is 13. The number of fused-ring (bicyclic) bond motifs is 5. The van der Waals surface area contributed by atoms with Gasteiger partial charge in [-0.1, -0.05) is 131 Å². The number of amides is 10. The number of methoxy groups -OCH3 is 1. The highest BCUT2D eigenvalue weighted by Gasteiger charge is 2.69. The lowest BCUT2D eigenvalue weighted by atomic mass is 9.51.